The van der Waals surface area contributed by atoms with Crippen molar-refractivity contribution in [2.75, 3.05) is 17.8 Å². The monoisotopic (exact) mass is 349 g/mol. The molecule has 128 valence electrons. The predicted octanol–water partition coefficient (Wildman–Crippen LogP) is 3.73. The van der Waals surface area contributed by atoms with Crippen LogP contribution in [0.5, 0.6) is 0 Å². The molecular formula is C15H18F3NO3S. The molecule has 1 unspecified atom stereocenters. The number of halogens is 3. The number of amides is 1. The topological polar surface area (TPSA) is 46.6 Å². The molecule has 23 heavy (non-hydrogen) atoms. The van der Waals surface area contributed by atoms with E-state index in [2.05, 4.69) is 0 Å². The quantitative estimate of drug-likeness (QED) is 0.600. The summed E-state index contributed by atoms with van der Waals surface area (Å²) in [6, 6.07) is 2.09. The van der Waals surface area contributed by atoms with Crippen molar-refractivity contribution >= 4 is 29.3 Å². The molecule has 0 aliphatic heterocycles. The number of rotatable bonds is 5. The molecule has 0 saturated carbocycles. The molecule has 0 fully saturated rings. The number of ether oxygens (including phenoxy) is 1. The van der Waals surface area contributed by atoms with Gasteiger partial charge in [0.2, 0.25) is 5.91 Å². The number of carbonyl (C=O) groups is 2. The molecule has 1 rings (SSSR count). The largest absolute Gasteiger partial charge is 0.464 e. The van der Waals surface area contributed by atoms with E-state index in [1.807, 2.05) is 0 Å². The number of hydrogen-bond acceptors (Lipinski definition) is 4. The van der Waals surface area contributed by atoms with Crippen LogP contribution in [0.15, 0.2) is 23.1 Å². The van der Waals surface area contributed by atoms with Crippen LogP contribution in [-0.2, 0) is 20.5 Å². The molecule has 4 nitrogen and oxygen atoms in total. The fourth-order valence-electron chi connectivity index (χ4n) is 2.07. The molecule has 0 radical (unpaired) electrons. The maximum atomic E-state index is 12.9. The molecule has 1 atom stereocenters. The lowest BCUT2D eigenvalue weighted by atomic mass is 10.1. The predicted molar refractivity (Wildman–Crippen MR) is 82.5 cm³/mol. The van der Waals surface area contributed by atoms with E-state index in [1.165, 1.54) is 31.7 Å². The lowest BCUT2D eigenvalue weighted by Gasteiger charge is -2.29. The molecule has 0 heterocycles. The van der Waals surface area contributed by atoms with Crippen molar-refractivity contribution in [1.82, 2.24) is 0 Å². The number of alkyl halides is 3. The van der Waals surface area contributed by atoms with Crippen molar-refractivity contribution in [1.29, 1.82) is 0 Å². The summed E-state index contributed by atoms with van der Waals surface area (Å²) in [4.78, 5) is 25.3. The highest BCUT2D eigenvalue weighted by molar-refractivity contribution is 7.98. The van der Waals surface area contributed by atoms with E-state index in [-0.39, 0.29) is 12.3 Å². The van der Waals surface area contributed by atoms with E-state index in [0.29, 0.717) is 4.90 Å². The Morgan fingerprint density at radius 1 is 1.35 bits per heavy atom. The maximum absolute atomic E-state index is 12.9. The van der Waals surface area contributed by atoms with E-state index in [1.54, 1.807) is 13.2 Å². The fourth-order valence-corrected chi connectivity index (χ4v) is 2.64. The third kappa shape index (κ3) is 4.63. The van der Waals surface area contributed by atoms with Gasteiger partial charge < -0.3 is 4.74 Å². The van der Waals surface area contributed by atoms with Crippen molar-refractivity contribution < 1.29 is 27.5 Å². The third-order valence-corrected chi connectivity index (χ3v) is 3.91. The summed E-state index contributed by atoms with van der Waals surface area (Å²) in [5.74, 6) is -1.22. The van der Waals surface area contributed by atoms with Crippen molar-refractivity contribution in [3.05, 3.63) is 23.8 Å². The second-order valence-electron chi connectivity index (χ2n) is 4.70. The number of esters is 1. The van der Waals surface area contributed by atoms with Crippen LogP contribution in [0, 0.1) is 0 Å². The lowest BCUT2D eigenvalue weighted by Crippen LogP contribution is -2.43. The van der Waals surface area contributed by atoms with Gasteiger partial charge in [0.1, 0.15) is 6.04 Å². The normalized spacial score (nSPS) is 12.7. The Hall–Kier alpha value is -1.70. The summed E-state index contributed by atoms with van der Waals surface area (Å²) in [6.45, 7) is 4.34. The van der Waals surface area contributed by atoms with Crippen LogP contribution in [0.25, 0.3) is 0 Å². The lowest BCUT2D eigenvalue weighted by molar-refractivity contribution is -0.145. The van der Waals surface area contributed by atoms with E-state index in [9.17, 15) is 22.8 Å². The number of thioether (sulfide) groups is 1. The number of benzene rings is 1. The zero-order chi connectivity index (χ0) is 17.8. The number of nitrogens with zero attached hydrogens (tertiary/aromatic N) is 1. The fraction of sp³-hybridized carbons (Fsp3) is 0.467. The Bertz CT molecular complexity index is 590. The highest BCUT2D eigenvalue weighted by Gasteiger charge is 2.34. The number of carbonyl (C=O) groups excluding carboxylic acids is 2. The SMILES string of the molecule is CCOC(=O)C(C)N(C(C)=O)c1cc(C(F)(F)F)ccc1SC. The molecular weight excluding hydrogens is 331 g/mol. The van der Waals surface area contributed by atoms with E-state index in [0.717, 1.165) is 17.0 Å². The molecule has 0 spiro atoms. The van der Waals surface area contributed by atoms with Gasteiger partial charge in [-0.05, 0) is 38.3 Å². The van der Waals surface area contributed by atoms with Gasteiger partial charge in [-0.1, -0.05) is 0 Å². The van der Waals surface area contributed by atoms with Crippen molar-refractivity contribution in [2.45, 2.75) is 37.9 Å². The molecule has 0 aromatic heterocycles. The van der Waals surface area contributed by atoms with Crippen molar-refractivity contribution in [2.24, 2.45) is 0 Å². The van der Waals surface area contributed by atoms with Crippen LogP contribution in [0.3, 0.4) is 0 Å². The van der Waals surface area contributed by atoms with Gasteiger partial charge in [-0.3, -0.25) is 9.69 Å². The van der Waals surface area contributed by atoms with Crippen LogP contribution in [0.4, 0.5) is 18.9 Å². The minimum absolute atomic E-state index is 0.0420. The van der Waals surface area contributed by atoms with Crippen molar-refractivity contribution in [3.63, 3.8) is 0 Å². The van der Waals surface area contributed by atoms with Gasteiger partial charge in [0.25, 0.3) is 0 Å². The van der Waals surface area contributed by atoms with Crippen LogP contribution >= 0.6 is 11.8 Å². The summed E-state index contributed by atoms with van der Waals surface area (Å²) in [5, 5.41) is 0. The Morgan fingerprint density at radius 2 is 1.96 bits per heavy atom. The first kappa shape index (κ1) is 19.3. The summed E-state index contributed by atoms with van der Waals surface area (Å²) in [6.07, 6.45) is -2.86. The van der Waals surface area contributed by atoms with Gasteiger partial charge in [-0.25, -0.2) is 4.79 Å². The molecule has 0 aliphatic carbocycles. The molecule has 1 aromatic carbocycles. The highest BCUT2D eigenvalue weighted by atomic mass is 32.2. The summed E-state index contributed by atoms with van der Waals surface area (Å²) in [5.41, 5.74) is -0.840. The Morgan fingerprint density at radius 3 is 2.39 bits per heavy atom. The van der Waals surface area contributed by atoms with E-state index >= 15 is 0 Å². The van der Waals surface area contributed by atoms with E-state index < -0.39 is 29.7 Å². The minimum atomic E-state index is -4.54. The third-order valence-electron chi connectivity index (χ3n) is 3.12. The number of hydrogen-bond donors (Lipinski definition) is 0. The average Bonchev–Trinajstić information content (AvgIpc) is 2.46. The van der Waals surface area contributed by atoms with Gasteiger partial charge in [-0.15, -0.1) is 11.8 Å². The van der Waals surface area contributed by atoms with Crippen LogP contribution in [0.1, 0.15) is 26.3 Å². The minimum Gasteiger partial charge on any atom is -0.464 e. The second-order valence-corrected chi connectivity index (χ2v) is 5.55. The van der Waals surface area contributed by atoms with Gasteiger partial charge in [0, 0.05) is 11.8 Å². The first-order valence-electron chi connectivity index (χ1n) is 6.85. The van der Waals surface area contributed by atoms with Gasteiger partial charge in [-0.2, -0.15) is 13.2 Å². The van der Waals surface area contributed by atoms with Gasteiger partial charge >= 0.3 is 12.1 Å². The van der Waals surface area contributed by atoms with Crippen LogP contribution in [-0.4, -0.2) is 30.8 Å². The maximum Gasteiger partial charge on any atom is 0.416 e. The smallest absolute Gasteiger partial charge is 0.416 e. The summed E-state index contributed by atoms with van der Waals surface area (Å²) in [7, 11) is 0. The number of anilines is 1. The Kier molecular flexibility index (Phi) is 6.49. The molecule has 0 bridgehead atoms. The van der Waals surface area contributed by atoms with Crippen molar-refractivity contribution in [3.8, 4) is 0 Å². The Labute approximate surface area is 137 Å². The molecule has 0 aliphatic rings. The zero-order valence-corrected chi connectivity index (χ0v) is 14.0. The molecule has 0 N–H and O–H groups in total. The first-order chi connectivity index (χ1) is 10.6. The summed E-state index contributed by atoms with van der Waals surface area (Å²) >= 11 is 1.19. The standard InChI is InChI=1S/C15H18F3NO3S/c1-5-22-14(21)9(2)19(10(3)20)12-8-11(15(16,17)18)6-7-13(12)23-4/h6-9H,5H2,1-4H3. The first-order valence-corrected chi connectivity index (χ1v) is 8.07. The average molecular weight is 349 g/mol. The van der Waals surface area contributed by atoms with Crippen LogP contribution in [0.2, 0.25) is 0 Å². The molecule has 8 heteroatoms. The van der Waals surface area contributed by atoms with Gasteiger partial charge in [0.05, 0.1) is 17.9 Å². The van der Waals surface area contributed by atoms with Gasteiger partial charge in [0.15, 0.2) is 0 Å². The molecule has 1 aromatic rings. The Balaban J connectivity index is 3.41. The molecule has 0 saturated heterocycles. The van der Waals surface area contributed by atoms with Crippen LogP contribution < -0.4 is 4.90 Å². The summed E-state index contributed by atoms with van der Waals surface area (Å²) < 4.78 is 43.7. The molecule has 1 amide bonds. The van der Waals surface area contributed by atoms with E-state index in [4.69, 9.17) is 4.74 Å². The second kappa shape index (κ2) is 7.72. The highest BCUT2D eigenvalue weighted by Crippen LogP contribution is 2.37. The zero-order valence-electron chi connectivity index (χ0n) is 13.2.